The Kier molecular flexibility index (Phi) is 7.69. The third-order valence-corrected chi connectivity index (χ3v) is 5.02. The Morgan fingerprint density at radius 1 is 0.794 bits per heavy atom. The van der Waals surface area contributed by atoms with Crippen molar-refractivity contribution in [2.75, 3.05) is 22.6 Å². The first kappa shape index (κ1) is 22.8. The first-order valence-corrected chi connectivity index (χ1v) is 11.2. The zero-order valence-corrected chi connectivity index (χ0v) is 19.0. The molecular formula is C27H27N5O2. The van der Waals surface area contributed by atoms with E-state index >= 15 is 0 Å². The molecule has 34 heavy (non-hydrogen) atoms. The van der Waals surface area contributed by atoms with Gasteiger partial charge in [0, 0.05) is 23.8 Å². The Balaban J connectivity index is 1.38. The molecule has 0 aliphatic heterocycles. The highest BCUT2D eigenvalue weighted by Crippen LogP contribution is 2.24. The number of urea groups is 1. The lowest BCUT2D eigenvalue weighted by Gasteiger charge is -2.10. The molecular weight excluding hydrogens is 426 g/mol. The number of nitrogens with zero attached hydrogens (tertiary/aromatic N) is 2. The maximum Gasteiger partial charge on any atom is 0.324 e. The van der Waals surface area contributed by atoms with Crippen LogP contribution in [0.25, 0.3) is 11.1 Å². The largest absolute Gasteiger partial charge is 0.494 e. The van der Waals surface area contributed by atoms with Crippen LogP contribution in [-0.2, 0) is 0 Å². The highest BCUT2D eigenvalue weighted by Gasteiger charge is 2.07. The third-order valence-electron chi connectivity index (χ3n) is 5.02. The molecule has 0 unspecified atom stereocenters. The topological polar surface area (TPSA) is 88.2 Å². The van der Waals surface area contributed by atoms with Crippen LogP contribution in [0, 0.1) is 0 Å². The van der Waals surface area contributed by atoms with Crippen LogP contribution >= 0.6 is 0 Å². The van der Waals surface area contributed by atoms with Crippen molar-refractivity contribution in [2.24, 2.45) is 0 Å². The number of benzene rings is 2. The van der Waals surface area contributed by atoms with Crippen molar-refractivity contribution in [3.05, 3.63) is 91.3 Å². The van der Waals surface area contributed by atoms with E-state index in [1.165, 1.54) is 0 Å². The van der Waals surface area contributed by atoms with Crippen LogP contribution in [-0.4, -0.2) is 22.6 Å². The summed E-state index contributed by atoms with van der Waals surface area (Å²) in [5.74, 6) is 1.96. The van der Waals surface area contributed by atoms with Crippen molar-refractivity contribution in [1.29, 1.82) is 0 Å². The summed E-state index contributed by atoms with van der Waals surface area (Å²) in [5.41, 5.74) is 3.50. The summed E-state index contributed by atoms with van der Waals surface area (Å²) in [6.07, 6.45) is 5.51. The minimum Gasteiger partial charge on any atom is -0.494 e. The highest BCUT2D eigenvalue weighted by atomic mass is 16.5. The molecule has 0 radical (unpaired) electrons. The second-order valence-electron chi connectivity index (χ2n) is 7.66. The van der Waals surface area contributed by atoms with Gasteiger partial charge in [0.2, 0.25) is 0 Å². The SMILES string of the molecule is CCCCOc1ccc(NC(=O)Nc2cc(-c3ccnc(Nc4ccccc4)c3)ccn2)cc1. The number of nitrogens with one attached hydrogen (secondary N) is 3. The number of rotatable bonds is 9. The number of ether oxygens (including phenoxy) is 1. The maximum absolute atomic E-state index is 12.5. The Bertz CT molecular complexity index is 1210. The van der Waals surface area contributed by atoms with Crippen LogP contribution < -0.4 is 20.7 Å². The molecule has 4 rings (SSSR count). The fourth-order valence-electron chi connectivity index (χ4n) is 3.27. The Morgan fingerprint density at radius 3 is 2.18 bits per heavy atom. The van der Waals surface area contributed by atoms with Crippen LogP contribution in [0.5, 0.6) is 5.75 Å². The van der Waals surface area contributed by atoms with Gasteiger partial charge in [0.15, 0.2) is 0 Å². The molecule has 0 fully saturated rings. The standard InChI is InChI=1S/C27H27N5O2/c1-2-3-17-34-24-11-9-23(10-12-24)31-27(33)32-26-19-21(14-16-29-26)20-13-15-28-25(18-20)30-22-7-5-4-6-8-22/h4-16,18-19H,2-3,17H2,1H3,(H,28,30)(H2,29,31,32,33). The second kappa shape index (κ2) is 11.5. The van der Waals surface area contributed by atoms with Crippen molar-refractivity contribution in [1.82, 2.24) is 9.97 Å². The normalized spacial score (nSPS) is 10.4. The third kappa shape index (κ3) is 6.56. The van der Waals surface area contributed by atoms with Crippen molar-refractivity contribution >= 4 is 29.0 Å². The van der Waals surface area contributed by atoms with E-state index in [9.17, 15) is 4.79 Å². The van der Waals surface area contributed by atoms with Crippen LogP contribution in [0.2, 0.25) is 0 Å². The lowest BCUT2D eigenvalue weighted by molar-refractivity contribution is 0.262. The van der Waals surface area contributed by atoms with Gasteiger partial charge in [-0.15, -0.1) is 0 Å². The van der Waals surface area contributed by atoms with Gasteiger partial charge in [0.25, 0.3) is 0 Å². The van der Waals surface area contributed by atoms with Crippen molar-refractivity contribution in [3.8, 4) is 16.9 Å². The number of para-hydroxylation sites is 1. The van der Waals surface area contributed by atoms with Gasteiger partial charge >= 0.3 is 6.03 Å². The van der Waals surface area contributed by atoms with Gasteiger partial charge in [0.1, 0.15) is 17.4 Å². The molecule has 7 nitrogen and oxygen atoms in total. The average molecular weight is 454 g/mol. The van der Waals surface area contributed by atoms with Crippen LogP contribution in [0.4, 0.5) is 27.8 Å². The van der Waals surface area contributed by atoms with Gasteiger partial charge in [-0.05, 0) is 78.2 Å². The number of hydrogen-bond acceptors (Lipinski definition) is 5. The molecule has 0 bridgehead atoms. The number of unbranched alkanes of at least 4 members (excludes halogenated alkanes) is 1. The molecule has 0 saturated heterocycles. The molecule has 4 aromatic rings. The fraction of sp³-hybridized carbons (Fsp3) is 0.148. The van der Waals surface area contributed by atoms with E-state index in [1.807, 2.05) is 78.9 Å². The van der Waals surface area contributed by atoms with E-state index in [2.05, 4.69) is 32.8 Å². The molecule has 0 atom stereocenters. The molecule has 2 amide bonds. The molecule has 0 aliphatic rings. The molecule has 172 valence electrons. The van der Waals surface area contributed by atoms with E-state index in [0.29, 0.717) is 18.1 Å². The Hall–Kier alpha value is -4.39. The smallest absolute Gasteiger partial charge is 0.324 e. The minimum absolute atomic E-state index is 0.370. The fourth-order valence-corrected chi connectivity index (χ4v) is 3.27. The van der Waals surface area contributed by atoms with Crippen molar-refractivity contribution in [2.45, 2.75) is 19.8 Å². The van der Waals surface area contributed by atoms with Crippen molar-refractivity contribution < 1.29 is 9.53 Å². The summed E-state index contributed by atoms with van der Waals surface area (Å²) < 4.78 is 5.65. The summed E-state index contributed by atoms with van der Waals surface area (Å²) in [5, 5.41) is 8.89. The van der Waals surface area contributed by atoms with E-state index < -0.39 is 0 Å². The quantitative estimate of drug-likeness (QED) is 0.245. The number of anilines is 4. The highest BCUT2D eigenvalue weighted by molar-refractivity contribution is 5.99. The van der Waals surface area contributed by atoms with Gasteiger partial charge < -0.3 is 15.4 Å². The molecule has 0 spiro atoms. The predicted octanol–water partition coefficient (Wildman–Crippen LogP) is 6.71. The van der Waals surface area contributed by atoms with Gasteiger partial charge in [-0.25, -0.2) is 14.8 Å². The zero-order chi connectivity index (χ0) is 23.6. The molecule has 0 aliphatic carbocycles. The predicted molar refractivity (Wildman–Crippen MR) is 137 cm³/mol. The number of hydrogen-bond donors (Lipinski definition) is 3. The van der Waals surface area contributed by atoms with Crippen LogP contribution in [0.3, 0.4) is 0 Å². The maximum atomic E-state index is 12.5. The summed E-state index contributed by atoms with van der Waals surface area (Å²) in [7, 11) is 0. The van der Waals surface area contributed by atoms with Crippen LogP contribution in [0.15, 0.2) is 91.3 Å². The summed E-state index contributed by atoms with van der Waals surface area (Å²) >= 11 is 0. The number of carbonyl (C=O) groups excluding carboxylic acids is 1. The van der Waals surface area contributed by atoms with E-state index in [1.54, 1.807) is 12.4 Å². The number of pyridine rings is 2. The van der Waals surface area contributed by atoms with Gasteiger partial charge in [-0.1, -0.05) is 31.5 Å². The molecule has 7 heteroatoms. The molecule has 2 aromatic heterocycles. The lowest BCUT2D eigenvalue weighted by Crippen LogP contribution is -2.20. The number of amides is 2. The van der Waals surface area contributed by atoms with Gasteiger partial charge in [-0.3, -0.25) is 5.32 Å². The first-order valence-electron chi connectivity index (χ1n) is 11.2. The lowest BCUT2D eigenvalue weighted by atomic mass is 10.1. The average Bonchev–Trinajstić information content (AvgIpc) is 2.86. The van der Waals surface area contributed by atoms with Gasteiger partial charge in [0.05, 0.1) is 6.61 Å². The monoisotopic (exact) mass is 453 g/mol. The van der Waals surface area contributed by atoms with Gasteiger partial charge in [-0.2, -0.15) is 0 Å². The first-order chi connectivity index (χ1) is 16.7. The van der Waals surface area contributed by atoms with E-state index in [-0.39, 0.29) is 6.03 Å². The second-order valence-corrected chi connectivity index (χ2v) is 7.66. The summed E-state index contributed by atoms with van der Waals surface area (Å²) in [6, 6.07) is 24.4. The van der Waals surface area contributed by atoms with E-state index in [4.69, 9.17) is 4.74 Å². The zero-order valence-electron chi connectivity index (χ0n) is 19.0. The Labute approximate surface area is 199 Å². The number of aromatic nitrogens is 2. The molecule has 3 N–H and O–H groups in total. The summed E-state index contributed by atoms with van der Waals surface area (Å²) in [4.78, 5) is 21.1. The molecule has 2 aromatic carbocycles. The minimum atomic E-state index is -0.370. The molecule has 2 heterocycles. The number of carbonyl (C=O) groups is 1. The van der Waals surface area contributed by atoms with Crippen LogP contribution in [0.1, 0.15) is 19.8 Å². The Morgan fingerprint density at radius 2 is 1.47 bits per heavy atom. The summed E-state index contributed by atoms with van der Waals surface area (Å²) in [6.45, 7) is 2.81. The van der Waals surface area contributed by atoms with E-state index in [0.717, 1.165) is 41.2 Å². The van der Waals surface area contributed by atoms with Crippen molar-refractivity contribution in [3.63, 3.8) is 0 Å². The molecule has 0 saturated carbocycles.